The Morgan fingerprint density at radius 2 is 1.67 bits per heavy atom. The van der Waals surface area contributed by atoms with Gasteiger partial charge in [0.05, 0.1) is 13.2 Å². The van der Waals surface area contributed by atoms with Gasteiger partial charge in [-0.1, -0.05) is 32.9 Å². The van der Waals surface area contributed by atoms with Gasteiger partial charge >= 0.3 is 0 Å². The maximum Gasteiger partial charge on any atom is 0.127 e. The van der Waals surface area contributed by atoms with E-state index in [0.29, 0.717) is 19.0 Å². The molecule has 2 aromatic carbocycles. The lowest BCUT2D eigenvalue weighted by Gasteiger charge is -2.18. The number of ether oxygens (including phenoxy) is 2. The molecule has 0 amide bonds. The number of hydrogen-bond acceptors (Lipinski definition) is 2. The molecule has 0 unspecified atom stereocenters. The maximum absolute atomic E-state index is 12.9. The second kappa shape index (κ2) is 6.72. The molecule has 0 bridgehead atoms. The third-order valence-corrected chi connectivity index (χ3v) is 2.75. The van der Waals surface area contributed by atoms with Gasteiger partial charge in [0.1, 0.15) is 17.3 Å². The average Bonchev–Trinajstić information content (AvgIpc) is 2.40. The van der Waals surface area contributed by atoms with Crippen LogP contribution in [0.1, 0.15) is 26.3 Å². The van der Waals surface area contributed by atoms with Gasteiger partial charge in [0, 0.05) is 0 Å². The van der Waals surface area contributed by atoms with Crippen molar-refractivity contribution in [3.05, 3.63) is 59.9 Å². The first-order valence-corrected chi connectivity index (χ1v) is 7.02. The van der Waals surface area contributed by atoms with Gasteiger partial charge in [0.15, 0.2) is 0 Å². The summed E-state index contributed by atoms with van der Waals surface area (Å²) in [6, 6.07) is 13.7. The Bertz CT molecular complexity index is 571. The molecule has 2 rings (SSSR count). The molecule has 0 aliphatic rings. The summed E-state index contributed by atoms with van der Waals surface area (Å²) in [5, 5.41) is 0. The van der Waals surface area contributed by atoms with Crippen molar-refractivity contribution in [1.29, 1.82) is 0 Å². The van der Waals surface area contributed by atoms with Crippen molar-refractivity contribution in [2.45, 2.75) is 27.4 Å². The van der Waals surface area contributed by atoms with E-state index in [9.17, 15) is 4.39 Å². The third-order valence-electron chi connectivity index (χ3n) is 2.75. The molecule has 0 aliphatic heterocycles. The molecule has 0 heterocycles. The van der Waals surface area contributed by atoms with Gasteiger partial charge in [-0.15, -0.1) is 0 Å². The van der Waals surface area contributed by atoms with E-state index in [4.69, 9.17) is 9.47 Å². The van der Waals surface area contributed by atoms with E-state index in [1.807, 2.05) is 24.3 Å². The lowest BCUT2D eigenvalue weighted by molar-refractivity contribution is 0.0598. The van der Waals surface area contributed by atoms with Crippen LogP contribution in [0.3, 0.4) is 0 Å². The Labute approximate surface area is 125 Å². The molecule has 2 aromatic rings. The molecule has 21 heavy (non-hydrogen) atoms. The van der Waals surface area contributed by atoms with Gasteiger partial charge in [-0.3, -0.25) is 0 Å². The standard InChI is InChI=1S/C18H21FO2/c1-18(2,3)13-20-12-14-5-4-6-17(11-14)21-16-9-7-15(19)8-10-16/h4-11H,12-13H2,1-3H3. The minimum Gasteiger partial charge on any atom is -0.457 e. The van der Waals surface area contributed by atoms with Crippen LogP contribution in [-0.2, 0) is 11.3 Å². The Balaban J connectivity index is 1.96. The average molecular weight is 288 g/mol. The first-order valence-electron chi connectivity index (χ1n) is 7.02. The molecule has 0 N–H and O–H groups in total. The van der Waals surface area contributed by atoms with Crippen LogP contribution < -0.4 is 4.74 Å². The number of rotatable bonds is 5. The zero-order chi connectivity index (χ0) is 15.3. The van der Waals surface area contributed by atoms with Gasteiger partial charge in [-0.25, -0.2) is 4.39 Å². The first kappa shape index (κ1) is 15.5. The summed E-state index contributed by atoms with van der Waals surface area (Å²) in [6.07, 6.45) is 0. The molecule has 0 aliphatic carbocycles. The SMILES string of the molecule is CC(C)(C)COCc1cccc(Oc2ccc(F)cc2)c1. The van der Waals surface area contributed by atoms with Gasteiger partial charge in [-0.05, 0) is 47.4 Å². The van der Waals surface area contributed by atoms with Crippen LogP contribution in [0.5, 0.6) is 11.5 Å². The Morgan fingerprint density at radius 3 is 2.33 bits per heavy atom. The predicted octanol–water partition coefficient (Wildman–Crippen LogP) is 5.18. The van der Waals surface area contributed by atoms with Gasteiger partial charge < -0.3 is 9.47 Å². The predicted molar refractivity (Wildman–Crippen MR) is 82.0 cm³/mol. The molecule has 3 heteroatoms. The summed E-state index contributed by atoms with van der Waals surface area (Å²) in [5.41, 5.74) is 1.21. The zero-order valence-corrected chi connectivity index (χ0v) is 12.7. The minimum atomic E-state index is -0.272. The van der Waals surface area contributed by atoms with Crippen LogP contribution in [0.4, 0.5) is 4.39 Å². The van der Waals surface area contributed by atoms with Gasteiger partial charge in [0.2, 0.25) is 0 Å². The summed E-state index contributed by atoms with van der Waals surface area (Å²) in [4.78, 5) is 0. The van der Waals surface area contributed by atoms with Crippen LogP contribution in [0, 0.1) is 11.2 Å². The highest BCUT2D eigenvalue weighted by Crippen LogP contribution is 2.23. The summed E-state index contributed by atoms with van der Waals surface area (Å²) in [7, 11) is 0. The zero-order valence-electron chi connectivity index (χ0n) is 12.7. The summed E-state index contributed by atoms with van der Waals surface area (Å²) >= 11 is 0. The van der Waals surface area contributed by atoms with E-state index in [1.54, 1.807) is 12.1 Å². The van der Waals surface area contributed by atoms with Crippen molar-refractivity contribution in [1.82, 2.24) is 0 Å². The molecule has 0 saturated heterocycles. The smallest absolute Gasteiger partial charge is 0.127 e. The van der Waals surface area contributed by atoms with Crippen LogP contribution in [0.25, 0.3) is 0 Å². The maximum atomic E-state index is 12.9. The highest BCUT2D eigenvalue weighted by molar-refractivity contribution is 5.33. The fourth-order valence-electron chi connectivity index (χ4n) is 1.81. The fourth-order valence-corrected chi connectivity index (χ4v) is 1.81. The van der Waals surface area contributed by atoms with Crippen LogP contribution in [0.15, 0.2) is 48.5 Å². The molecule has 0 fully saturated rings. The second-order valence-electron chi connectivity index (χ2n) is 6.26. The van der Waals surface area contributed by atoms with Crippen molar-refractivity contribution in [3.63, 3.8) is 0 Å². The van der Waals surface area contributed by atoms with E-state index in [1.165, 1.54) is 12.1 Å². The molecule has 0 saturated carbocycles. The minimum absolute atomic E-state index is 0.155. The summed E-state index contributed by atoms with van der Waals surface area (Å²) in [6.45, 7) is 7.68. The van der Waals surface area contributed by atoms with Crippen molar-refractivity contribution in [2.75, 3.05) is 6.61 Å². The topological polar surface area (TPSA) is 18.5 Å². The third kappa shape index (κ3) is 5.56. The molecule has 0 spiro atoms. The molecular weight excluding hydrogens is 267 g/mol. The fraction of sp³-hybridized carbons (Fsp3) is 0.333. The normalized spacial score (nSPS) is 11.4. The quantitative estimate of drug-likeness (QED) is 0.754. The van der Waals surface area contributed by atoms with Crippen molar-refractivity contribution >= 4 is 0 Å². The summed E-state index contributed by atoms with van der Waals surface area (Å²) < 4.78 is 24.3. The van der Waals surface area contributed by atoms with Crippen molar-refractivity contribution in [3.8, 4) is 11.5 Å². The molecular formula is C18H21FO2. The summed E-state index contributed by atoms with van der Waals surface area (Å²) in [5.74, 6) is 1.06. The van der Waals surface area contributed by atoms with Crippen molar-refractivity contribution in [2.24, 2.45) is 5.41 Å². The molecule has 0 atom stereocenters. The Kier molecular flexibility index (Phi) is 4.97. The Hall–Kier alpha value is -1.87. The first-order chi connectivity index (χ1) is 9.92. The van der Waals surface area contributed by atoms with E-state index >= 15 is 0 Å². The second-order valence-corrected chi connectivity index (χ2v) is 6.26. The lowest BCUT2D eigenvalue weighted by atomic mass is 9.99. The Morgan fingerprint density at radius 1 is 0.952 bits per heavy atom. The largest absolute Gasteiger partial charge is 0.457 e. The molecule has 112 valence electrons. The highest BCUT2D eigenvalue weighted by Gasteiger charge is 2.10. The van der Waals surface area contributed by atoms with Gasteiger partial charge in [0.25, 0.3) is 0 Å². The van der Waals surface area contributed by atoms with E-state index in [-0.39, 0.29) is 11.2 Å². The number of benzene rings is 2. The van der Waals surface area contributed by atoms with E-state index in [2.05, 4.69) is 20.8 Å². The van der Waals surface area contributed by atoms with Crippen molar-refractivity contribution < 1.29 is 13.9 Å². The highest BCUT2D eigenvalue weighted by atomic mass is 19.1. The van der Waals surface area contributed by atoms with Crippen LogP contribution in [-0.4, -0.2) is 6.61 Å². The molecule has 0 aromatic heterocycles. The van der Waals surface area contributed by atoms with Crippen LogP contribution in [0.2, 0.25) is 0 Å². The molecule has 2 nitrogen and oxygen atoms in total. The van der Waals surface area contributed by atoms with E-state index in [0.717, 1.165) is 11.3 Å². The van der Waals surface area contributed by atoms with Gasteiger partial charge in [-0.2, -0.15) is 0 Å². The monoisotopic (exact) mass is 288 g/mol. The number of halogens is 1. The number of hydrogen-bond donors (Lipinski definition) is 0. The molecule has 0 radical (unpaired) electrons. The van der Waals surface area contributed by atoms with Crippen LogP contribution >= 0.6 is 0 Å². The van der Waals surface area contributed by atoms with E-state index < -0.39 is 0 Å². The lowest BCUT2D eigenvalue weighted by Crippen LogP contribution is -2.14.